The summed E-state index contributed by atoms with van der Waals surface area (Å²) in [7, 11) is -2.18. The van der Waals surface area contributed by atoms with Gasteiger partial charge in [0.15, 0.2) is 5.17 Å². The predicted molar refractivity (Wildman–Crippen MR) is 80.6 cm³/mol. The molecule has 2 rings (SSSR count). The van der Waals surface area contributed by atoms with Crippen LogP contribution in [-0.4, -0.2) is 32.3 Å². The van der Waals surface area contributed by atoms with E-state index in [-0.39, 0.29) is 21.7 Å². The van der Waals surface area contributed by atoms with E-state index in [9.17, 15) is 13.2 Å². The smallest absolute Gasteiger partial charge is 0.286 e. The van der Waals surface area contributed by atoms with E-state index < -0.39 is 10.0 Å². The van der Waals surface area contributed by atoms with Crippen LogP contribution in [0.2, 0.25) is 0 Å². The summed E-state index contributed by atoms with van der Waals surface area (Å²) >= 11 is 1.05. The second kappa shape index (κ2) is 5.84. The van der Waals surface area contributed by atoms with Gasteiger partial charge in [0.1, 0.15) is 4.90 Å². The molecule has 1 heterocycles. The number of nitrogens with one attached hydrogen (secondary N) is 2. The first-order chi connectivity index (χ1) is 9.46. The molecule has 108 valence electrons. The molecule has 0 bridgehead atoms. The Labute approximate surface area is 122 Å². The van der Waals surface area contributed by atoms with Gasteiger partial charge in [0.2, 0.25) is 5.91 Å². The molecule has 1 aromatic carbocycles. The Morgan fingerprint density at radius 2 is 2.20 bits per heavy atom. The van der Waals surface area contributed by atoms with Gasteiger partial charge in [0.05, 0.1) is 11.4 Å². The van der Waals surface area contributed by atoms with Crippen LogP contribution in [0.4, 0.5) is 5.69 Å². The molecule has 1 aliphatic heterocycles. The van der Waals surface area contributed by atoms with Gasteiger partial charge in [-0.1, -0.05) is 24.8 Å². The molecule has 1 aromatic rings. The third kappa shape index (κ3) is 3.13. The van der Waals surface area contributed by atoms with E-state index in [4.69, 9.17) is 0 Å². The van der Waals surface area contributed by atoms with Crippen molar-refractivity contribution in [3.8, 4) is 0 Å². The quantitative estimate of drug-likeness (QED) is 0.875. The Morgan fingerprint density at radius 3 is 2.85 bits per heavy atom. The maximum absolute atomic E-state index is 12.1. The highest BCUT2D eigenvalue weighted by atomic mass is 32.2. The number of aryl methyl sites for hydroxylation is 1. The number of rotatable bonds is 3. The van der Waals surface area contributed by atoms with Crippen molar-refractivity contribution < 1.29 is 13.2 Å². The van der Waals surface area contributed by atoms with Crippen molar-refractivity contribution in [1.29, 1.82) is 0 Å². The van der Waals surface area contributed by atoms with E-state index in [1.165, 1.54) is 7.05 Å². The summed E-state index contributed by atoms with van der Waals surface area (Å²) in [6, 6.07) is 5.22. The minimum Gasteiger partial charge on any atom is -0.358 e. The number of carbonyl (C=O) groups excluding carboxylic acids is 1. The number of fused-ring (bicyclic) bond motifs is 1. The molecule has 0 spiro atoms. The highest BCUT2D eigenvalue weighted by Crippen LogP contribution is 2.30. The van der Waals surface area contributed by atoms with Crippen molar-refractivity contribution in [3.63, 3.8) is 0 Å². The molecule has 1 amide bonds. The standard InChI is InChI=1S/C12H15N3O3S2/c1-3-8-4-5-9-10(6-8)20(17,18)15-12(14-9)19-7-11(16)13-2/h4-6H,3,7H2,1-2H3,(H,13,16)(H,14,15). The maximum Gasteiger partial charge on any atom is 0.286 e. The fourth-order valence-electron chi connectivity index (χ4n) is 1.67. The lowest BCUT2D eigenvalue weighted by Gasteiger charge is -2.18. The zero-order valence-corrected chi connectivity index (χ0v) is 12.8. The summed E-state index contributed by atoms with van der Waals surface area (Å²) in [6.45, 7) is 1.96. The SMILES string of the molecule is CCc1ccc2c(c1)S(=O)(=O)N=C(SCC(=O)NC)N2. The van der Waals surface area contributed by atoms with Gasteiger partial charge in [-0.2, -0.15) is 8.42 Å². The normalized spacial score (nSPS) is 15.8. The Bertz CT molecular complexity index is 669. The summed E-state index contributed by atoms with van der Waals surface area (Å²) in [5.41, 5.74) is 1.43. The summed E-state index contributed by atoms with van der Waals surface area (Å²) in [5, 5.41) is 5.62. The number of carbonyl (C=O) groups is 1. The molecule has 0 fully saturated rings. The lowest BCUT2D eigenvalue weighted by atomic mass is 10.1. The van der Waals surface area contributed by atoms with Crippen LogP contribution in [0.1, 0.15) is 12.5 Å². The molecule has 8 heteroatoms. The zero-order valence-electron chi connectivity index (χ0n) is 11.1. The Balaban J connectivity index is 2.27. The van der Waals surface area contributed by atoms with E-state index in [2.05, 4.69) is 15.0 Å². The van der Waals surface area contributed by atoms with Crippen LogP contribution in [0.3, 0.4) is 0 Å². The largest absolute Gasteiger partial charge is 0.358 e. The van der Waals surface area contributed by atoms with Gasteiger partial charge in [0, 0.05) is 7.05 Å². The lowest BCUT2D eigenvalue weighted by molar-refractivity contribution is -0.118. The van der Waals surface area contributed by atoms with Crippen LogP contribution in [0.5, 0.6) is 0 Å². The van der Waals surface area contributed by atoms with Crippen molar-refractivity contribution >= 4 is 38.5 Å². The molecule has 0 aromatic heterocycles. The van der Waals surface area contributed by atoms with Crippen LogP contribution in [0.15, 0.2) is 27.5 Å². The summed E-state index contributed by atoms with van der Waals surface area (Å²) < 4.78 is 27.9. The van der Waals surface area contributed by atoms with E-state index in [1.807, 2.05) is 13.0 Å². The maximum atomic E-state index is 12.1. The summed E-state index contributed by atoms with van der Waals surface area (Å²) in [5.74, 6) is -0.0794. The van der Waals surface area contributed by atoms with Crippen LogP contribution in [0.25, 0.3) is 0 Å². The Hall–Kier alpha value is -1.54. The van der Waals surface area contributed by atoms with Crippen LogP contribution < -0.4 is 10.6 Å². The van der Waals surface area contributed by atoms with Gasteiger partial charge < -0.3 is 10.6 Å². The van der Waals surface area contributed by atoms with Gasteiger partial charge in [-0.3, -0.25) is 4.79 Å². The molecule has 2 N–H and O–H groups in total. The number of thioether (sulfide) groups is 1. The zero-order chi connectivity index (χ0) is 14.8. The van der Waals surface area contributed by atoms with E-state index >= 15 is 0 Å². The van der Waals surface area contributed by atoms with Gasteiger partial charge in [-0.25, -0.2) is 0 Å². The van der Waals surface area contributed by atoms with Crippen molar-refractivity contribution in [2.24, 2.45) is 4.40 Å². The second-order valence-corrected chi connectivity index (χ2v) is 6.68. The molecule has 0 aliphatic carbocycles. The molecule has 0 radical (unpaired) electrons. The minimum absolute atomic E-state index is 0.111. The van der Waals surface area contributed by atoms with Gasteiger partial charge in [-0.15, -0.1) is 4.40 Å². The Morgan fingerprint density at radius 1 is 1.45 bits per heavy atom. The fourth-order valence-corrected chi connectivity index (χ4v) is 3.83. The molecular weight excluding hydrogens is 298 g/mol. The van der Waals surface area contributed by atoms with Crippen LogP contribution in [-0.2, 0) is 21.2 Å². The number of hydrogen-bond acceptors (Lipinski definition) is 5. The molecule has 0 atom stereocenters. The summed E-state index contributed by atoms with van der Waals surface area (Å²) in [4.78, 5) is 11.4. The molecule has 20 heavy (non-hydrogen) atoms. The molecule has 0 saturated heterocycles. The predicted octanol–water partition coefficient (Wildman–Crippen LogP) is 1.20. The molecule has 6 nitrogen and oxygen atoms in total. The molecular formula is C12H15N3O3S2. The Kier molecular flexibility index (Phi) is 4.34. The number of anilines is 1. The van der Waals surface area contributed by atoms with Gasteiger partial charge >= 0.3 is 0 Å². The van der Waals surface area contributed by atoms with Gasteiger partial charge in [-0.05, 0) is 24.1 Å². The average molecular weight is 313 g/mol. The van der Waals surface area contributed by atoms with Crippen LogP contribution >= 0.6 is 11.8 Å². The first-order valence-corrected chi connectivity index (χ1v) is 8.47. The third-order valence-corrected chi connectivity index (χ3v) is 5.10. The monoisotopic (exact) mass is 313 g/mol. The number of amidine groups is 1. The number of sulfonamides is 1. The van der Waals surface area contributed by atoms with Crippen LogP contribution in [0, 0.1) is 0 Å². The highest BCUT2D eigenvalue weighted by Gasteiger charge is 2.25. The first-order valence-electron chi connectivity index (χ1n) is 6.04. The summed E-state index contributed by atoms with van der Waals surface area (Å²) in [6.07, 6.45) is 0.755. The first kappa shape index (κ1) is 14.9. The number of benzene rings is 1. The molecule has 0 saturated carbocycles. The third-order valence-electron chi connectivity index (χ3n) is 2.80. The van der Waals surface area contributed by atoms with Crippen molar-refractivity contribution in [1.82, 2.24) is 5.32 Å². The van der Waals surface area contributed by atoms with Crippen molar-refractivity contribution in [2.75, 3.05) is 18.1 Å². The minimum atomic E-state index is -3.71. The second-order valence-electron chi connectivity index (χ2n) is 4.14. The fraction of sp³-hybridized carbons (Fsp3) is 0.333. The van der Waals surface area contributed by atoms with Crippen molar-refractivity contribution in [2.45, 2.75) is 18.2 Å². The van der Waals surface area contributed by atoms with Crippen molar-refractivity contribution in [3.05, 3.63) is 23.8 Å². The number of amides is 1. The van der Waals surface area contributed by atoms with E-state index in [0.717, 1.165) is 23.7 Å². The number of hydrogen-bond donors (Lipinski definition) is 2. The van der Waals surface area contributed by atoms with E-state index in [1.54, 1.807) is 12.1 Å². The molecule has 0 unspecified atom stereocenters. The number of nitrogens with zero attached hydrogens (tertiary/aromatic N) is 1. The lowest BCUT2D eigenvalue weighted by Crippen LogP contribution is -2.24. The average Bonchev–Trinajstić information content (AvgIpc) is 2.43. The van der Waals surface area contributed by atoms with Gasteiger partial charge in [0.25, 0.3) is 10.0 Å². The topological polar surface area (TPSA) is 87.6 Å². The van der Waals surface area contributed by atoms with E-state index in [0.29, 0.717) is 5.69 Å². The molecule has 1 aliphatic rings. The highest BCUT2D eigenvalue weighted by molar-refractivity contribution is 8.15.